The van der Waals surface area contributed by atoms with Crippen molar-refractivity contribution < 1.29 is 13.6 Å². The van der Waals surface area contributed by atoms with Crippen molar-refractivity contribution >= 4 is 29.0 Å². The monoisotopic (exact) mass is 428 g/mol. The number of aromatic nitrogens is 2. The number of hydrogen-bond acceptors (Lipinski definition) is 4. The van der Waals surface area contributed by atoms with Gasteiger partial charge in [-0.25, -0.2) is 8.78 Å². The largest absolute Gasteiger partial charge is 0.355 e. The fraction of sp³-hybridized carbons (Fsp3) is 0.227. The molecule has 1 N–H and O–H groups in total. The van der Waals surface area contributed by atoms with Crippen molar-refractivity contribution in [2.24, 2.45) is 5.92 Å². The molecule has 30 heavy (non-hydrogen) atoms. The number of rotatable bonds is 4. The van der Waals surface area contributed by atoms with Crippen LogP contribution in [0, 0.1) is 17.6 Å². The van der Waals surface area contributed by atoms with Crippen molar-refractivity contribution in [2.45, 2.75) is 12.8 Å². The van der Waals surface area contributed by atoms with Crippen molar-refractivity contribution in [3.63, 3.8) is 0 Å². The van der Waals surface area contributed by atoms with Gasteiger partial charge in [-0.05, 0) is 67.4 Å². The fourth-order valence-electron chi connectivity index (χ4n) is 3.46. The molecule has 0 unspecified atom stereocenters. The summed E-state index contributed by atoms with van der Waals surface area (Å²) < 4.78 is 26.3. The zero-order valence-electron chi connectivity index (χ0n) is 16.0. The maximum atomic E-state index is 13.3. The molecule has 1 aromatic heterocycles. The van der Waals surface area contributed by atoms with E-state index in [1.807, 2.05) is 12.1 Å². The van der Waals surface area contributed by atoms with Gasteiger partial charge in [0, 0.05) is 30.3 Å². The Kier molecular flexibility index (Phi) is 5.90. The number of anilines is 2. The van der Waals surface area contributed by atoms with Crippen molar-refractivity contribution in [3.8, 4) is 11.3 Å². The van der Waals surface area contributed by atoms with Gasteiger partial charge in [-0.2, -0.15) is 0 Å². The topological polar surface area (TPSA) is 58.1 Å². The van der Waals surface area contributed by atoms with Crippen LogP contribution in [0.5, 0.6) is 0 Å². The number of carbonyl (C=O) groups excluding carboxylic acids is 1. The minimum absolute atomic E-state index is 0.0229. The highest BCUT2D eigenvalue weighted by atomic mass is 35.5. The summed E-state index contributed by atoms with van der Waals surface area (Å²) >= 11 is 5.76. The van der Waals surface area contributed by atoms with Gasteiger partial charge in [-0.3, -0.25) is 4.79 Å². The molecular formula is C22H19ClF2N4O. The first-order valence-corrected chi connectivity index (χ1v) is 9.98. The van der Waals surface area contributed by atoms with Crippen LogP contribution < -0.4 is 10.2 Å². The molecule has 1 aliphatic heterocycles. The fourth-order valence-corrected chi connectivity index (χ4v) is 3.64. The maximum absolute atomic E-state index is 13.3. The minimum Gasteiger partial charge on any atom is -0.355 e. The third-order valence-corrected chi connectivity index (χ3v) is 5.46. The van der Waals surface area contributed by atoms with Crippen molar-refractivity contribution in [3.05, 3.63) is 71.3 Å². The maximum Gasteiger partial charge on any atom is 0.227 e. The number of nitrogens with zero attached hydrogens (tertiary/aromatic N) is 3. The Bertz CT molecular complexity index is 1040. The van der Waals surface area contributed by atoms with E-state index in [2.05, 4.69) is 20.4 Å². The average Bonchev–Trinajstić information content (AvgIpc) is 2.77. The molecule has 4 rings (SSSR count). The highest BCUT2D eigenvalue weighted by molar-refractivity contribution is 6.31. The molecule has 0 spiro atoms. The molecule has 0 radical (unpaired) electrons. The van der Waals surface area contributed by atoms with Gasteiger partial charge in [-0.1, -0.05) is 11.6 Å². The average molecular weight is 429 g/mol. The van der Waals surface area contributed by atoms with E-state index in [9.17, 15) is 13.6 Å². The van der Waals surface area contributed by atoms with E-state index < -0.39 is 5.82 Å². The summed E-state index contributed by atoms with van der Waals surface area (Å²) in [4.78, 5) is 14.6. The van der Waals surface area contributed by atoms with Crippen LogP contribution in [0.3, 0.4) is 0 Å². The SMILES string of the molecule is O=C(Nc1ccc(F)c(Cl)c1)C1CCN(c2ccc(-c3ccc(F)cc3)nn2)CC1. The lowest BCUT2D eigenvalue weighted by atomic mass is 9.96. The standard InChI is InChI=1S/C22H19ClF2N4O/c23-18-13-17(5-6-19(18)25)26-22(30)15-9-11-29(12-10-15)21-8-7-20(27-28-21)14-1-3-16(24)4-2-14/h1-8,13,15H,9-12H2,(H,26,30). The highest BCUT2D eigenvalue weighted by Gasteiger charge is 2.26. The molecule has 0 bridgehead atoms. The summed E-state index contributed by atoms with van der Waals surface area (Å²) in [6, 6.07) is 14.0. The molecule has 2 aromatic carbocycles. The zero-order valence-corrected chi connectivity index (χ0v) is 16.7. The predicted molar refractivity (Wildman–Crippen MR) is 112 cm³/mol. The van der Waals surface area contributed by atoms with E-state index >= 15 is 0 Å². The Morgan fingerprint density at radius 1 is 1.00 bits per heavy atom. The molecule has 0 atom stereocenters. The molecular weight excluding hydrogens is 410 g/mol. The Morgan fingerprint density at radius 3 is 2.37 bits per heavy atom. The van der Waals surface area contributed by atoms with Gasteiger partial charge in [0.1, 0.15) is 11.6 Å². The molecule has 1 saturated heterocycles. The number of piperidine rings is 1. The van der Waals surface area contributed by atoms with E-state index in [4.69, 9.17) is 11.6 Å². The molecule has 0 aliphatic carbocycles. The Labute approximate surface area is 177 Å². The zero-order chi connectivity index (χ0) is 21.1. The Morgan fingerprint density at radius 2 is 1.73 bits per heavy atom. The highest BCUT2D eigenvalue weighted by Crippen LogP contribution is 2.25. The molecule has 3 aromatic rings. The lowest BCUT2D eigenvalue weighted by Gasteiger charge is -2.31. The summed E-state index contributed by atoms with van der Waals surface area (Å²) in [5.41, 5.74) is 1.95. The van der Waals surface area contributed by atoms with Crippen molar-refractivity contribution in [2.75, 3.05) is 23.3 Å². The van der Waals surface area contributed by atoms with E-state index in [0.717, 1.165) is 11.4 Å². The second kappa shape index (κ2) is 8.75. The van der Waals surface area contributed by atoms with Crippen LogP contribution in [0.25, 0.3) is 11.3 Å². The molecule has 1 aliphatic rings. The van der Waals surface area contributed by atoms with E-state index in [-0.39, 0.29) is 22.7 Å². The van der Waals surface area contributed by atoms with Crippen LogP contribution in [0.4, 0.5) is 20.3 Å². The number of benzene rings is 2. The van der Waals surface area contributed by atoms with Crippen LogP contribution in [0.2, 0.25) is 5.02 Å². The molecule has 1 fully saturated rings. The second-order valence-electron chi connectivity index (χ2n) is 7.16. The first kappa shape index (κ1) is 20.2. The normalized spacial score (nSPS) is 14.6. The van der Waals surface area contributed by atoms with Crippen LogP contribution >= 0.6 is 11.6 Å². The van der Waals surface area contributed by atoms with Crippen LogP contribution in [-0.4, -0.2) is 29.2 Å². The number of nitrogens with one attached hydrogen (secondary N) is 1. The number of halogens is 3. The Balaban J connectivity index is 1.34. The summed E-state index contributed by atoms with van der Waals surface area (Å²) in [6.45, 7) is 1.35. The van der Waals surface area contributed by atoms with Gasteiger partial charge in [0.15, 0.2) is 5.82 Å². The van der Waals surface area contributed by atoms with Crippen LogP contribution in [0.1, 0.15) is 12.8 Å². The number of hydrogen-bond donors (Lipinski definition) is 1. The second-order valence-corrected chi connectivity index (χ2v) is 7.57. The van der Waals surface area contributed by atoms with Gasteiger partial charge < -0.3 is 10.2 Å². The van der Waals surface area contributed by atoms with Gasteiger partial charge in [0.05, 0.1) is 10.7 Å². The van der Waals surface area contributed by atoms with Crippen molar-refractivity contribution in [1.82, 2.24) is 10.2 Å². The third kappa shape index (κ3) is 4.57. The smallest absolute Gasteiger partial charge is 0.227 e. The lowest BCUT2D eigenvalue weighted by Crippen LogP contribution is -2.38. The Hall–Kier alpha value is -3.06. The van der Waals surface area contributed by atoms with E-state index in [1.165, 1.54) is 30.3 Å². The number of carbonyl (C=O) groups is 1. The van der Waals surface area contributed by atoms with E-state index in [0.29, 0.717) is 37.3 Å². The third-order valence-electron chi connectivity index (χ3n) is 5.17. The van der Waals surface area contributed by atoms with Crippen LogP contribution in [0.15, 0.2) is 54.6 Å². The van der Waals surface area contributed by atoms with Crippen molar-refractivity contribution in [1.29, 1.82) is 0 Å². The van der Waals surface area contributed by atoms with Gasteiger partial charge in [-0.15, -0.1) is 10.2 Å². The quantitative estimate of drug-likeness (QED) is 0.640. The summed E-state index contributed by atoms with van der Waals surface area (Å²) in [5.74, 6) is -0.316. The minimum atomic E-state index is -0.519. The lowest BCUT2D eigenvalue weighted by molar-refractivity contribution is -0.120. The molecule has 8 heteroatoms. The molecule has 154 valence electrons. The van der Waals surface area contributed by atoms with Gasteiger partial charge >= 0.3 is 0 Å². The summed E-state index contributed by atoms with van der Waals surface area (Å²) in [6.07, 6.45) is 1.34. The molecule has 2 heterocycles. The summed E-state index contributed by atoms with van der Waals surface area (Å²) in [7, 11) is 0. The predicted octanol–water partition coefficient (Wildman–Crippen LogP) is 4.93. The molecule has 1 amide bonds. The van der Waals surface area contributed by atoms with Crippen LogP contribution in [-0.2, 0) is 4.79 Å². The molecule has 5 nitrogen and oxygen atoms in total. The summed E-state index contributed by atoms with van der Waals surface area (Å²) in [5, 5.41) is 11.3. The van der Waals surface area contributed by atoms with E-state index in [1.54, 1.807) is 12.1 Å². The number of amides is 1. The first-order chi connectivity index (χ1) is 14.5. The van der Waals surface area contributed by atoms with Gasteiger partial charge in [0.25, 0.3) is 0 Å². The van der Waals surface area contributed by atoms with Gasteiger partial charge in [0.2, 0.25) is 5.91 Å². The molecule has 0 saturated carbocycles. The first-order valence-electron chi connectivity index (χ1n) is 9.60.